The topological polar surface area (TPSA) is 52.6 Å². The molecular formula is C16H32N2O2. The van der Waals surface area contributed by atoms with Gasteiger partial charge in [0.25, 0.3) is 0 Å². The van der Waals surface area contributed by atoms with Gasteiger partial charge in [0.1, 0.15) is 0 Å². The van der Waals surface area contributed by atoms with Crippen LogP contribution in [-0.4, -0.2) is 41.3 Å². The smallest absolute Gasteiger partial charge is 0.408 e. The highest BCUT2D eigenvalue weighted by Crippen LogP contribution is 2.33. The highest BCUT2D eigenvalue weighted by Gasteiger charge is 2.34. The summed E-state index contributed by atoms with van der Waals surface area (Å²) in [6.07, 6.45) is 5.26. The zero-order valence-corrected chi connectivity index (χ0v) is 13.8. The molecule has 0 spiro atoms. The van der Waals surface area contributed by atoms with Gasteiger partial charge in [-0.2, -0.15) is 0 Å². The molecule has 1 aliphatic rings. The third-order valence-corrected chi connectivity index (χ3v) is 4.47. The monoisotopic (exact) mass is 284 g/mol. The quantitative estimate of drug-likeness (QED) is 0.811. The van der Waals surface area contributed by atoms with Gasteiger partial charge in [0.05, 0.1) is 0 Å². The molecule has 0 saturated heterocycles. The molecular weight excluding hydrogens is 252 g/mol. The Balaban J connectivity index is 2.73. The molecule has 0 aliphatic heterocycles. The van der Waals surface area contributed by atoms with E-state index in [1.165, 1.54) is 25.7 Å². The van der Waals surface area contributed by atoms with Crippen LogP contribution in [0.4, 0.5) is 4.79 Å². The highest BCUT2D eigenvalue weighted by molar-refractivity contribution is 5.66. The van der Waals surface area contributed by atoms with Gasteiger partial charge in [-0.25, -0.2) is 4.79 Å². The second kappa shape index (κ2) is 7.30. The summed E-state index contributed by atoms with van der Waals surface area (Å²) in [4.78, 5) is 13.3. The Morgan fingerprint density at radius 2 is 1.85 bits per heavy atom. The lowest BCUT2D eigenvalue weighted by molar-refractivity contribution is 0.0578. The maximum atomic E-state index is 11.7. The SMILES string of the molecule is CNC[C@H](CC1CCC(C)CC1)N(C(=O)O)C(C)(C)C. The Bertz CT molecular complexity index is 304. The van der Waals surface area contributed by atoms with Crippen molar-refractivity contribution in [3.8, 4) is 0 Å². The van der Waals surface area contributed by atoms with E-state index in [1.54, 1.807) is 4.90 Å². The molecule has 0 aromatic rings. The third kappa shape index (κ3) is 4.97. The lowest BCUT2D eigenvalue weighted by Crippen LogP contribution is -2.54. The number of hydrogen-bond acceptors (Lipinski definition) is 2. The van der Waals surface area contributed by atoms with E-state index in [0.29, 0.717) is 5.92 Å². The number of nitrogens with zero attached hydrogens (tertiary/aromatic N) is 1. The zero-order valence-electron chi connectivity index (χ0n) is 13.8. The standard InChI is InChI=1S/C16H32N2O2/c1-12-6-8-13(9-7-12)10-14(11-17-5)18(15(19)20)16(2,3)4/h12-14,17H,6-11H2,1-5H3,(H,19,20)/t12?,13?,14-/m0/s1. The predicted octanol–water partition coefficient (Wildman–Crippen LogP) is 3.57. The number of amides is 1. The molecule has 1 rings (SSSR count). The van der Waals surface area contributed by atoms with E-state index in [-0.39, 0.29) is 11.6 Å². The average Bonchev–Trinajstić information content (AvgIpc) is 2.30. The first-order valence-corrected chi connectivity index (χ1v) is 7.92. The first kappa shape index (κ1) is 17.3. The molecule has 0 unspecified atom stereocenters. The number of carboxylic acid groups (broad SMARTS) is 1. The molecule has 20 heavy (non-hydrogen) atoms. The van der Waals surface area contributed by atoms with Crippen molar-refractivity contribution in [3.63, 3.8) is 0 Å². The normalized spacial score (nSPS) is 25.2. The summed E-state index contributed by atoms with van der Waals surface area (Å²) < 4.78 is 0. The minimum Gasteiger partial charge on any atom is -0.465 e. The van der Waals surface area contributed by atoms with Gasteiger partial charge in [-0.05, 0) is 46.1 Å². The Kier molecular flexibility index (Phi) is 6.31. The maximum absolute atomic E-state index is 11.7. The van der Waals surface area contributed by atoms with Crippen LogP contribution in [-0.2, 0) is 0 Å². The summed E-state index contributed by atoms with van der Waals surface area (Å²) in [5.74, 6) is 1.51. The molecule has 4 heteroatoms. The molecule has 0 bridgehead atoms. The van der Waals surface area contributed by atoms with Crippen LogP contribution in [0.15, 0.2) is 0 Å². The van der Waals surface area contributed by atoms with Crippen molar-refractivity contribution in [2.75, 3.05) is 13.6 Å². The van der Waals surface area contributed by atoms with Crippen molar-refractivity contribution in [3.05, 3.63) is 0 Å². The molecule has 0 aromatic carbocycles. The Morgan fingerprint density at radius 1 is 1.30 bits per heavy atom. The first-order chi connectivity index (χ1) is 9.25. The molecule has 118 valence electrons. The minimum atomic E-state index is -0.804. The van der Waals surface area contributed by atoms with Crippen molar-refractivity contribution in [1.29, 1.82) is 0 Å². The molecule has 0 aromatic heterocycles. The second-order valence-corrected chi connectivity index (χ2v) is 7.40. The summed E-state index contributed by atoms with van der Waals surface area (Å²) in [6.45, 7) is 8.99. The van der Waals surface area contributed by atoms with Gasteiger partial charge in [-0.15, -0.1) is 0 Å². The van der Waals surface area contributed by atoms with Crippen LogP contribution < -0.4 is 5.32 Å². The van der Waals surface area contributed by atoms with Crippen LogP contribution in [0.5, 0.6) is 0 Å². The Labute approximate surface area is 123 Å². The molecule has 4 nitrogen and oxygen atoms in total. The van der Waals surface area contributed by atoms with Crippen LogP contribution in [0.2, 0.25) is 0 Å². The van der Waals surface area contributed by atoms with Crippen LogP contribution in [0.1, 0.15) is 59.8 Å². The van der Waals surface area contributed by atoms with Gasteiger partial charge >= 0.3 is 6.09 Å². The van der Waals surface area contributed by atoms with Crippen molar-refractivity contribution in [1.82, 2.24) is 10.2 Å². The number of hydrogen-bond donors (Lipinski definition) is 2. The van der Waals surface area contributed by atoms with Crippen molar-refractivity contribution in [2.45, 2.75) is 71.4 Å². The summed E-state index contributed by atoms with van der Waals surface area (Å²) in [5, 5.41) is 12.7. The van der Waals surface area contributed by atoms with Gasteiger partial charge in [0, 0.05) is 18.1 Å². The third-order valence-electron chi connectivity index (χ3n) is 4.47. The van der Waals surface area contributed by atoms with E-state index in [0.717, 1.165) is 18.9 Å². The fourth-order valence-electron chi connectivity index (χ4n) is 3.46. The largest absolute Gasteiger partial charge is 0.465 e. The fourth-order valence-corrected chi connectivity index (χ4v) is 3.46. The molecule has 0 heterocycles. The maximum Gasteiger partial charge on any atom is 0.408 e. The number of likely N-dealkylation sites (N-methyl/N-ethyl adjacent to an activating group) is 1. The molecule has 1 saturated carbocycles. The Hall–Kier alpha value is -0.770. The van der Waals surface area contributed by atoms with E-state index >= 15 is 0 Å². The summed E-state index contributed by atoms with van der Waals surface area (Å²) >= 11 is 0. The van der Waals surface area contributed by atoms with Crippen LogP contribution in [0.25, 0.3) is 0 Å². The molecule has 1 aliphatic carbocycles. The van der Waals surface area contributed by atoms with Gasteiger partial charge in [-0.1, -0.05) is 32.6 Å². The van der Waals surface area contributed by atoms with Crippen LogP contribution in [0.3, 0.4) is 0 Å². The molecule has 1 amide bonds. The number of carbonyl (C=O) groups is 1. The molecule has 2 N–H and O–H groups in total. The van der Waals surface area contributed by atoms with Crippen LogP contribution >= 0.6 is 0 Å². The Morgan fingerprint density at radius 3 is 2.25 bits per heavy atom. The van der Waals surface area contributed by atoms with E-state index in [2.05, 4.69) is 12.2 Å². The van der Waals surface area contributed by atoms with Crippen molar-refractivity contribution < 1.29 is 9.90 Å². The van der Waals surface area contributed by atoms with E-state index in [1.807, 2.05) is 27.8 Å². The number of rotatable bonds is 5. The van der Waals surface area contributed by atoms with E-state index in [4.69, 9.17) is 0 Å². The molecule has 0 radical (unpaired) electrons. The lowest BCUT2D eigenvalue weighted by Gasteiger charge is -2.41. The van der Waals surface area contributed by atoms with Crippen molar-refractivity contribution >= 4 is 6.09 Å². The molecule has 1 fully saturated rings. The van der Waals surface area contributed by atoms with Gasteiger partial charge in [0.2, 0.25) is 0 Å². The predicted molar refractivity (Wildman–Crippen MR) is 83.1 cm³/mol. The number of nitrogens with one attached hydrogen (secondary N) is 1. The van der Waals surface area contributed by atoms with Gasteiger partial charge in [0.15, 0.2) is 0 Å². The zero-order chi connectivity index (χ0) is 15.3. The highest BCUT2D eigenvalue weighted by atomic mass is 16.4. The summed E-state index contributed by atoms with van der Waals surface area (Å²) in [6, 6.07) is 0.0657. The fraction of sp³-hybridized carbons (Fsp3) is 0.938. The lowest BCUT2D eigenvalue weighted by atomic mass is 9.79. The van der Waals surface area contributed by atoms with Crippen LogP contribution in [0, 0.1) is 11.8 Å². The van der Waals surface area contributed by atoms with E-state index < -0.39 is 6.09 Å². The first-order valence-electron chi connectivity index (χ1n) is 7.92. The molecule has 1 atom stereocenters. The summed E-state index contributed by atoms with van der Waals surface area (Å²) in [7, 11) is 1.90. The minimum absolute atomic E-state index is 0.0657. The second-order valence-electron chi connectivity index (χ2n) is 7.40. The van der Waals surface area contributed by atoms with Crippen molar-refractivity contribution in [2.24, 2.45) is 11.8 Å². The van der Waals surface area contributed by atoms with Gasteiger partial charge < -0.3 is 10.4 Å². The van der Waals surface area contributed by atoms with Gasteiger partial charge in [-0.3, -0.25) is 4.90 Å². The van der Waals surface area contributed by atoms with E-state index in [9.17, 15) is 9.90 Å². The summed E-state index contributed by atoms with van der Waals surface area (Å²) in [5.41, 5.74) is -0.352. The average molecular weight is 284 g/mol.